The molecule has 38 heavy (non-hydrogen) atoms. The SMILES string of the molecule is Cc1cc(Oc2ccc(C(=O)N[C@@H]3CC(C#N)[C@H]4CC[C@@H](c5cccc(Cl)c5)N4C3=O)cc2C)c(=O)[nH]n1. The Hall–Kier alpha value is -4.16. The smallest absolute Gasteiger partial charge is 0.307 e. The first-order chi connectivity index (χ1) is 18.2. The van der Waals surface area contributed by atoms with Gasteiger partial charge < -0.3 is 15.0 Å². The quantitative estimate of drug-likeness (QED) is 0.507. The topological polar surface area (TPSA) is 128 Å². The molecule has 2 fully saturated rings. The van der Waals surface area contributed by atoms with Crippen LogP contribution in [0.15, 0.2) is 53.3 Å². The summed E-state index contributed by atoms with van der Waals surface area (Å²) in [5.74, 6) is -0.491. The number of rotatable bonds is 5. The molecule has 1 unspecified atom stereocenters. The normalized spacial score (nSPS) is 22.5. The predicted molar refractivity (Wildman–Crippen MR) is 140 cm³/mol. The van der Waals surface area contributed by atoms with E-state index in [1.807, 2.05) is 18.2 Å². The fraction of sp³-hybridized carbons (Fsp3) is 0.321. The Morgan fingerprint density at radius 3 is 2.71 bits per heavy atom. The molecule has 194 valence electrons. The highest BCUT2D eigenvalue weighted by atomic mass is 35.5. The number of hydrogen-bond acceptors (Lipinski definition) is 6. The maximum absolute atomic E-state index is 13.6. The third-order valence-corrected chi connectivity index (χ3v) is 7.43. The van der Waals surface area contributed by atoms with Crippen molar-refractivity contribution in [3.63, 3.8) is 0 Å². The van der Waals surface area contributed by atoms with Crippen molar-refractivity contribution in [2.24, 2.45) is 5.92 Å². The van der Waals surface area contributed by atoms with E-state index in [0.29, 0.717) is 27.6 Å². The van der Waals surface area contributed by atoms with Gasteiger partial charge in [0.25, 0.3) is 5.91 Å². The first-order valence-electron chi connectivity index (χ1n) is 12.4. The van der Waals surface area contributed by atoms with Crippen LogP contribution in [0.25, 0.3) is 0 Å². The highest BCUT2D eigenvalue weighted by Gasteiger charge is 2.49. The Bertz CT molecular complexity index is 1510. The van der Waals surface area contributed by atoms with Gasteiger partial charge >= 0.3 is 5.56 Å². The zero-order valence-corrected chi connectivity index (χ0v) is 21.7. The van der Waals surface area contributed by atoms with Gasteiger partial charge in [0.15, 0.2) is 5.75 Å². The van der Waals surface area contributed by atoms with Crippen LogP contribution < -0.4 is 15.6 Å². The molecule has 0 bridgehead atoms. The van der Waals surface area contributed by atoms with Crippen molar-refractivity contribution in [2.75, 3.05) is 0 Å². The number of nitrogens with zero attached hydrogens (tertiary/aromatic N) is 3. The van der Waals surface area contributed by atoms with Gasteiger partial charge in [0.05, 0.1) is 23.7 Å². The zero-order chi connectivity index (χ0) is 27.0. The number of aromatic amines is 1. The maximum atomic E-state index is 13.6. The van der Waals surface area contributed by atoms with Crippen molar-refractivity contribution in [2.45, 2.75) is 51.2 Å². The molecule has 0 radical (unpaired) electrons. The van der Waals surface area contributed by atoms with Gasteiger partial charge in [-0.25, -0.2) is 5.10 Å². The van der Waals surface area contributed by atoms with Crippen LogP contribution in [0.5, 0.6) is 11.5 Å². The third-order valence-electron chi connectivity index (χ3n) is 7.19. The number of amides is 2. The number of nitrogens with one attached hydrogen (secondary N) is 2. The summed E-state index contributed by atoms with van der Waals surface area (Å²) in [7, 11) is 0. The molecule has 0 spiro atoms. The van der Waals surface area contributed by atoms with Crippen molar-refractivity contribution in [1.82, 2.24) is 20.4 Å². The molecule has 3 heterocycles. The number of nitriles is 1. The molecule has 4 atom stereocenters. The van der Waals surface area contributed by atoms with Crippen LogP contribution in [-0.4, -0.2) is 39.0 Å². The van der Waals surface area contributed by atoms with Crippen molar-refractivity contribution in [1.29, 1.82) is 5.26 Å². The molecule has 1 aromatic heterocycles. The fourth-order valence-corrected chi connectivity index (χ4v) is 5.56. The number of piperidine rings is 1. The van der Waals surface area contributed by atoms with Crippen molar-refractivity contribution in [3.8, 4) is 17.6 Å². The van der Waals surface area contributed by atoms with Gasteiger partial charge in [-0.05, 0) is 74.6 Å². The predicted octanol–water partition coefficient (Wildman–Crippen LogP) is 4.21. The lowest BCUT2D eigenvalue weighted by molar-refractivity contribution is -0.140. The minimum atomic E-state index is -0.822. The number of benzene rings is 2. The van der Waals surface area contributed by atoms with E-state index in [4.69, 9.17) is 16.3 Å². The Morgan fingerprint density at radius 2 is 1.97 bits per heavy atom. The molecule has 3 aromatic rings. The first-order valence-corrected chi connectivity index (χ1v) is 12.8. The van der Waals surface area contributed by atoms with Crippen LogP contribution in [0.1, 0.15) is 52.5 Å². The second-order valence-corrected chi connectivity index (χ2v) is 10.2. The van der Waals surface area contributed by atoms with E-state index >= 15 is 0 Å². The Labute approximate surface area is 224 Å². The molecule has 9 nitrogen and oxygen atoms in total. The monoisotopic (exact) mass is 531 g/mol. The molecule has 5 rings (SSSR count). The van der Waals surface area contributed by atoms with Gasteiger partial charge in [0.2, 0.25) is 5.91 Å². The number of aryl methyl sites for hydroxylation is 2. The molecular formula is C28H26ClN5O4. The van der Waals surface area contributed by atoms with Gasteiger partial charge in [-0.2, -0.15) is 10.4 Å². The zero-order valence-electron chi connectivity index (χ0n) is 20.9. The molecule has 10 heteroatoms. The summed E-state index contributed by atoms with van der Waals surface area (Å²) in [4.78, 5) is 40.5. The van der Waals surface area contributed by atoms with E-state index < -0.39 is 17.5 Å². The van der Waals surface area contributed by atoms with Crippen LogP contribution in [-0.2, 0) is 4.79 Å². The number of carbonyl (C=O) groups excluding carboxylic acids is 2. The first kappa shape index (κ1) is 25.5. The van der Waals surface area contributed by atoms with Crippen LogP contribution in [0.4, 0.5) is 0 Å². The van der Waals surface area contributed by atoms with Crippen molar-refractivity contribution in [3.05, 3.63) is 86.3 Å². The largest absolute Gasteiger partial charge is 0.451 e. The summed E-state index contributed by atoms with van der Waals surface area (Å²) < 4.78 is 5.74. The summed E-state index contributed by atoms with van der Waals surface area (Å²) in [6.45, 7) is 3.49. The molecule has 2 saturated heterocycles. The second-order valence-electron chi connectivity index (χ2n) is 9.74. The molecular weight excluding hydrogens is 506 g/mol. The van der Waals surface area contributed by atoms with Crippen LogP contribution >= 0.6 is 11.6 Å². The maximum Gasteiger partial charge on any atom is 0.307 e. The summed E-state index contributed by atoms with van der Waals surface area (Å²) >= 11 is 6.20. The van der Waals surface area contributed by atoms with Crippen LogP contribution in [0.2, 0.25) is 5.02 Å². The van der Waals surface area contributed by atoms with Gasteiger partial charge in [-0.15, -0.1) is 0 Å². The highest BCUT2D eigenvalue weighted by Crippen LogP contribution is 2.43. The van der Waals surface area contributed by atoms with E-state index in [-0.39, 0.29) is 36.1 Å². The van der Waals surface area contributed by atoms with E-state index in [1.165, 1.54) is 6.07 Å². The second kappa shape index (κ2) is 10.3. The van der Waals surface area contributed by atoms with E-state index in [1.54, 1.807) is 43.0 Å². The Morgan fingerprint density at radius 1 is 1.16 bits per heavy atom. The average Bonchev–Trinajstić information content (AvgIpc) is 3.35. The number of H-pyrrole nitrogens is 1. The average molecular weight is 532 g/mol. The number of aromatic nitrogens is 2. The Balaban J connectivity index is 1.34. The van der Waals surface area contributed by atoms with Crippen molar-refractivity contribution >= 4 is 23.4 Å². The Kier molecular flexibility index (Phi) is 6.91. The number of carbonyl (C=O) groups is 2. The van der Waals surface area contributed by atoms with E-state index in [9.17, 15) is 19.6 Å². The van der Waals surface area contributed by atoms with Gasteiger partial charge in [-0.1, -0.05) is 23.7 Å². The summed E-state index contributed by atoms with van der Waals surface area (Å²) in [6.07, 6.45) is 1.72. The van der Waals surface area contributed by atoms with Gasteiger partial charge in [-0.3, -0.25) is 14.4 Å². The molecule has 2 aliphatic rings. The van der Waals surface area contributed by atoms with E-state index in [2.05, 4.69) is 21.6 Å². The lowest BCUT2D eigenvalue weighted by atomic mass is 9.87. The number of fused-ring (bicyclic) bond motifs is 1. The summed E-state index contributed by atoms with van der Waals surface area (Å²) in [5.41, 5.74) is 2.03. The molecule has 2 aromatic carbocycles. The standard InChI is InChI=1S/C28H26ClN5O4/c1-15-10-18(6-9-24(15)38-25-11-16(2)32-33-27(25)36)26(35)31-21-13-19(14-30)23-8-7-22(34(23)28(21)37)17-4-3-5-20(29)12-17/h3-6,9-12,19,21-23H,7-8,13H2,1-2H3,(H,31,35)(H,33,36)/t19?,21-,22+,23-/m1/s1. The number of halogens is 1. The lowest BCUT2D eigenvalue weighted by Gasteiger charge is -2.41. The number of hydrogen-bond donors (Lipinski definition) is 2. The van der Waals surface area contributed by atoms with E-state index in [0.717, 1.165) is 18.4 Å². The molecule has 0 saturated carbocycles. The van der Waals surface area contributed by atoms with Crippen molar-refractivity contribution < 1.29 is 14.3 Å². The molecule has 2 aliphatic heterocycles. The fourth-order valence-electron chi connectivity index (χ4n) is 5.36. The van der Waals surface area contributed by atoms with Crippen LogP contribution in [0.3, 0.4) is 0 Å². The van der Waals surface area contributed by atoms with Crippen LogP contribution in [0, 0.1) is 31.1 Å². The molecule has 2 N–H and O–H groups in total. The molecule has 2 amide bonds. The van der Waals surface area contributed by atoms with Gasteiger partial charge in [0.1, 0.15) is 11.8 Å². The molecule has 0 aliphatic carbocycles. The van der Waals surface area contributed by atoms with Gasteiger partial charge in [0, 0.05) is 22.7 Å². The lowest BCUT2D eigenvalue weighted by Crippen LogP contribution is -2.57. The third kappa shape index (κ3) is 4.87. The summed E-state index contributed by atoms with van der Waals surface area (Å²) in [6, 6.07) is 14.9. The number of ether oxygens (including phenoxy) is 1. The minimum absolute atomic E-state index is 0.0996. The summed E-state index contributed by atoms with van der Waals surface area (Å²) in [5, 5.41) is 19.5. The highest BCUT2D eigenvalue weighted by molar-refractivity contribution is 6.30. The minimum Gasteiger partial charge on any atom is -0.451 e.